The summed E-state index contributed by atoms with van der Waals surface area (Å²) in [5, 5.41) is 11.5. The molecular weight excluding hydrogens is 484 g/mol. The predicted octanol–water partition coefficient (Wildman–Crippen LogP) is 3.36. The largest absolute Gasteiger partial charge is 0.431 e. The third-order valence-electron chi connectivity index (χ3n) is 3.81. The molecule has 0 atom stereocenters. The number of ether oxygens (including phenoxy) is 1. The Morgan fingerprint density at radius 1 is 1.37 bits per heavy atom. The predicted molar refractivity (Wildman–Crippen MR) is 111 cm³/mol. The van der Waals surface area contributed by atoms with Crippen molar-refractivity contribution in [3.05, 3.63) is 40.0 Å². The van der Waals surface area contributed by atoms with Crippen LogP contribution in [0.15, 0.2) is 22.8 Å². The van der Waals surface area contributed by atoms with Crippen molar-refractivity contribution in [2.75, 3.05) is 26.0 Å². The normalized spacial score (nSPS) is 11.1. The fourth-order valence-electron chi connectivity index (χ4n) is 2.48. The van der Waals surface area contributed by atoms with E-state index in [2.05, 4.69) is 40.7 Å². The number of carbonyl (C=O) groups is 1. The number of nitrogens with one attached hydrogen (secondary N) is 1. The summed E-state index contributed by atoms with van der Waals surface area (Å²) >= 11 is 3.83. The first-order valence-corrected chi connectivity index (χ1v) is 10.2. The van der Waals surface area contributed by atoms with Crippen LogP contribution < -0.4 is 15.8 Å². The van der Waals surface area contributed by atoms with E-state index in [-0.39, 0.29) is 20.9 Å². The van der Waals surface area contributed by atoms with Gasteiger partial charge in [0.25, 0.3) is 5.91 Å². The van der Waals surface area contributed by atoms with E-state index >= 15 is 0 Å². The molecule has 0 bridgehead atoms. The number of hydrogen-bond donors (Lipinski definition) is 2. The van der Waals surface area contributed by atoms with Crippen LogP contribution in [0.5, 0.6) is 11.6 Å². The van der Waals surface area contributed by atoms with Gasteiger partial charge in [-0.3, -0.25) is 4.79 Å². The van der Waals surface area contributed by atoms with E-state index < -0.39 is 23.3 Å². The minimum absolute atomic E-state index is 0.149. The first-order valence-electron chi connectivity index (χ1n) is 8.68. The quantitative estimate of drug-likeness (QED) is 0.462. The van der Waals surface area contributed by atoms with E-state index in [0.717, 1.165) is 36.6 Å². The smallest absolute Gasteiger partial charge is 0.257 e. The summed E-state index contributed by atoms with van der Waals surface area (Å²) in [5.41, 5.74) is 5.28. The van der Waals surface area contributed by atoms with Gasteiger partial charge in [0.15, 0.2) is 17.5 Å². The number of rotatable bonds is 9. The third-order valence-corrected chi connectivity index (χ3v) is 5.01. The van der Waals surface area contributed by atoms with Crippen molar-refractivity contribution in [2.45, 2.75) is 13.0 Å². The van der Waals surface area contributed by atoms with E-state index in [1.807, 2.05) is 14.1 Å². The van der Waals surface area contributed by atoms with Gasteiger partial charge in [0.2, 0.25) is 11.6 Å². The molecule has 0 spiro atoms. The zero-order valence-corrected chi connectivity index (χ0v) is 18.4. The minimum Gasteiger partial charge on any atom is -0.431 e. The molecule has 1 amide bonds. The molecule has 3 rings (SSSR count). The monoisotopic (exact) mass is 501 g/mol. The Balaban J connectivity index is 1.79. The van der Waals surface area contributed by atoms with E-state index in [9.17, 15) is 13.6 Å². The van der Waals surface area contributed by atoms with Crippen LogP contribution in [-0.2, 0) is 6.54 Å². The van der Waals surface area contributed by atoms with E-state index in [1.165, 1.54) is 11.0 Å². The standard InChI is InChI=1S/C17H18BrF2N7O2S/c1-26(2)4-3-5-27-22-8-12(24-27)23-17-13(15(21)28)16(25-30-17)29-14-10(19)6-9(18)7-11(14)20/h6-8H,3-5H2,1-2H3,(H2,21,28)(H,23,24). The number of carbonyl (C=O) groups excluding carboxylic acids is 1. The highest BCUT2D eigenvalue weighted by molar-refractivity contribution is 9.10. The molecule has 160 valence electrons. The number of anilines is 2. The Labute approximate surface area is 183 Å². The fraction of sp³-hybridized carbons (Fsp3) is 0.294. The molecule has 0 aliphatic carbocycles. The van der Waals surface area contributed by atoms with Crippen LogP contribution in [0.25, 0.3) is 0 Å². The second kappa shape index (κ2) is 9.45. The number of nitrogens with zero attached hydrogens (tertiary/aromatic N) is 5. The number of aryl methyl sites for hydroxylation is 1. The van der Waals surface area contributed by atoms with Crippen LogP contribution in [0.3, 0.4) is 0 Å². The summed E-state index contributed by atoms with van der Waals surface area (Å²) in [6.45, 7) is 1.50. The van der Waals surface area contributed by atoms with E-state index in [0.29, 0.717) is 12.4 Å². The Hall–Kier alpha value is -2.64. The van der Waals surface area contributed by atoms with Crippen LogP contribution in [0.1, 0.15) is 16.8 Å². The van der Waals surface area contributed by atoms with Gasteiger partial charge in [0.1, 0.15) is 10.6 Å². The van der Waals surface area contributed by atoms with E-state index in [1.54, 1.807) is 0 Å². The highest BCUT2D eigenvalue weighted by Gasteiger charge is 2.24. The number of primary amides is 1. The van der Waals surface area contributed by atoms with Gasteiger partial charge in [-0.15, -0.1) is 5.10 Å². The topological polar surface area (TPSA) is 111 Å². The van der Waals surface area contributed by atoms with Crippen molar-refractivity contribution < 1.29 is 18.3 Å². The van der Waals surface area contributed by atoms with Gasteiger partial charge in [-0.05, 0) is 50.7 Å². The third kappa shape index (κ3) is 5.29. The summed E-state index contributed by atoms with van der Waals surface area (Å²) in [7, 11) is 3.95. The lowest BCUT2D eigenvalue weighted by Gasteiger charge is -2.08. The summed E-state index contributed by atoms with van der Waals surface area (Å²) < 4.78 is 37.5. The molecule has 0 radical (unpaired) electrons. The van der Waals surface area contributed by atoms with Gasteiger partial charge in [-0.2, -0.15) is 14.3 Å². The van der Waals surface area contributed by atoms with Crippen molar-refractivity contribution in [1.29, 1.82) is 0 Å². The molecule has 0 saturated heterocycles. The number of aromatic nitrogens is 4. The van der Waals surface area contributed by atoms with Gasteiger partial charge in [-0.1, -0.05) is 15.9 Å². The molecule has 13 heteroatoms. The Bertz CT molecular complexity index is 1030. The average Bonchev–Trinajstić information content (AvgIpc) is 3.25. The molecule has 0 fully saturated rings. The average molecular weight is 502 g/mol. The number of benzene rings is 1. The number of amides is 1. The second-order valence-electron chi connectivity index (χ2n) is 6.46. The van der Waals surface area contributed by atoms with Crippen LogP contribution in [0.2, 0.25) is 0 Å². The van der Waals surface area contributed by atoms with Crippen LogP contribution >= 0.6 is 27.5 Å². The molecule has 9 nitrogen and oxygen atoms in total. The zero-order chi connectivity index (χ0) is 21.8. The van der Waals surface area contributed by atoms with E-state index in [4.69, 9.17) is 10.5 Å². The van der Waals surface area contributed by atoms with Gasteiger partial charge in [-0.25, -0.2) is 8.78 Å². The molecule has 0 unspecified atom stereocenters. The summed E-state index contributed by atoms with van der Waals surface area (Å²) in [5.74, 6) is -3.44. The maximum Gasteiger partial charge on any atom is 0.257 e. The molecule has 0 aliphatic rings. The number of nitrogens with two attached hydrogens (primary N) is 1. The number of halogens is 3. The molecule has 2 aromatic heterocycles. The molecule has 3 N–H and O–H groups in total. The van der Waals surface area contributed by atoms with Crippen molar-refractivity contribution >= 4 is 44.2 Å². The first-order chi connectivity index (χ1) is 14.2. The molecule has 1 aromatic carbocycles. The molecule has 0 saturated carbocycles. The van der Waals surface area contributed by atoms with Gasteiger partial charge in [0, 0.05) is 4.47 Å². The molecule has 30 heavy (non-hydrogen) atoms. The first kappa shape index (κ1) is 22.1. The lowest BCUT2D eigenvalue weighted by molar-refractivity contribution is 0.0998. The highest BCUT2D eigenvalue weighted by atomic mass is 79.9. The van der Waals surface area contributed by atoms with Crippen molar-refractivity contribution in [3.8, 4) is 11.6 Å². The van der Waals surface area contributed by atoms with Crippen LogP contribution in [-0.4, -0.2) is 50.8 Å². The van der Waals surface area contributed by atoms with Crippen LogP contribution in [0, 0.1) is 11.6 Å². The maximum atomic E-state index is 14.1. The summed E-state index contributed by atoms with van der Waals surface area (Å²) in [6, 6.07) is 2.06. The lowest BCUT2D eigenvalue weighted by Crippen LogP contribution is -2.16. The Kier molecular flexibility index (Phi) is 6.95. The lowest BCUT2D eigenvalue weighted by atomic mass is 10.3. The minimum atomic E-state index is -0.958. The molecule has 0 aliphatic heterocycles. The SMILES string of the molecule is CN(C)CCCn1ncc(Nc2snc(Oc3c(F)cc(Br)cc3F)c2C(N)=O)n1. The molecule has 2 heterocycles. The van der Waals surface area contributed by atoms with Gasteiger partial charge >= 0.3 is 0 Å². The van der Waals surface area contributed by atoms with Crippen molar-refractivity contribution in [2.24, 2.45) is 5.73 Å². The summed E-state index contributed by atoms with van der Waals surface area (Å²) in [6.07, 6.45) is 2.34. The Morgan fingerprint density at radius 2 is 2.07 bits per heavy atom. The van der Waals surface area contributed by atoms with Gasteiger partial charge < -0.3 is 20.7 Å². The maximum absolute atomic E-state index is 14.1. The fourth-order valence-corrected chi connectivity index (χ4v) is 3.61. The molecule has 3 aromatic rings. The summed E-state index contributed by atoms with van der Waals surface area (Å²) in [4.78, 5) is 15.5. The van der Waals surface area contributed by atoms with Gasteiger partial charge in [0.05, 0.1) is 12.7 Å². The van der Waals surface area contributed by atoms with Crippen molar-refractivity contribution in [3.63, 3.8) is 0 Å². The molecular formula is C17H18BrF2N7O2S. The highest BCUT2D eigenvalue weighted by Crippen LogP contribution is 2.37. The zero-order valence-electron chi connectivity index (χ0n) is 16.0. The number of hydrogen-bond acceptors (Lipinski definition) is 8. The second-order valence-corrected chi connectivity index (χ2v) is 8.15. The Morgan fingerprint density at radius 3 is 2.70 bits per heavy atom. The van der Waals surface area contributed by atoms with Crippen LogP contribution in [0.4, 0.5) is 19.6 Å². The van der Waals surface area contributed by atoms with Crippen molar-refractivity contribution in [1.82, 2.24) is 24.3 Å².